The fourth-order valence-electron chi connectivity index (χ4n) is 3.54. The molecule has 4 heteroatoms. The molecular formula is C20H25N3O. The molecule has 0 N–H and O–H groups in total. The van der Waals surface area contributed by atoms with Crippen LogP contribution in [0.3, 0.4) is 0 Å². The number of hydrogen-bond donors (Lipinski definition) is 0. The Kier molecular flexibility index (Phi) is 5.14. The highest BCUT2D eigenvalue weighted by molar-refractivity contribution is 5.94. The van der Waals surface area contributed by atoms with Crippen molar-refractivity contribution in [3.8, 4) is 0 Å². The van der Waals surface area contributed by atoms with Gasteiger partial charge >= 0.3 is 0 Å². The molecule has 0 saturated carbocycles. The van der Waals surface area contributed by atoms with Gasteiger partial charge in [-0.2, -0.15) is 0 Å². The number of pyridine rings is 1. The van der Waals surface area contributed by atoms with Gasteiger partial charge in [0.25, 0.3) is 5.91 Å². The summed E-state index contributed by atoms with van der Waals surface area (Å²) < 4.78 is 0. The summed E-state index contributed by atoms with van der Waals surface area (Å²) in [5.41, 5.74) is 1.93. The molecule has 2 heterocycles. The summed E-state index contributed by atoms with van der Waals surface area (Å²) in [6.45, 7) is 6.93. The number of aromatic nitrogens is 1. The van der Waals surface area contributed by atoms with Crippen LogP contribution in [-0.4, -0.2) is 35.4 Å². The molecule has 2 aromatic rings. The molecule has 0 spiro atoms. The third-order valence-corrected chi connectivity index (χ3v) is 4.77. The molecule has 3 rings (SSSR count). The average molecular weight is 323 g/mol. The first-order valence-corrected chi connectivity index (χ1v) is 8.82. The lowest BCUT2D eigenvalue weighted by Gasteiger charge is -2.30. The number of nitrogens with zero attached hydrogens (tertiary/aromatic N) is 3. The van der Waals surface area contributed by atoms with Gasteiger partial charge in [-0.25, -0.2) is 4.98 Å². The number of carbonyl (C=O) groups excluding carboxylic acids is 1. The van der Waals surface area contributed by atoms with E-state index in [0.717, 1.165) is 43.9 Å². The third kappa shape index (κ3) is 3.14. The Balaban J connectivity index is 1.93. The number of hydrogen-bond acceptors (Lipinski definition) is 3. The maximum absolute atomic E-state index is 12.9. The maximum atomic E-state index is 12.9. The molecule has 1 atom stereocenters. The van der Waals surface area contributed by atoms with E-state index in [9.17, 15) is 4.79 Å². The number of rotatable bonds is 5. The first-order valence-electron chi connectivity index (χ1n) is 8.82. The fourth-order valence-corrected chi connectivity index (χ4v) is 3.54. The molecule has 0 aliphatic carbocycles. The number of anilines is 1. The van der Waals surface area contributed by atoms with Crippen LogP contribution in [0.4, 0.5) is 5.82 Å². The molecule has 0 unspecified atom stereocenters. The van der Waals surface area contributed by atoms with Gasteiger partial charge in [0.1, 0.15) is 5.82 Å². The predicted octanol–water partition coefficient (Wildman–Crippen LogP) is 3.91. The molecule has 126 valence electrons. The van der Waals surface area contributed by atoms with E-state index in [1.54, 1.807) is 0 Å². The van der Waals surface area contributed by atoms with E-state index in [-0.39, 0.29) is 11.9 Å². The van der Waals surface area contributed by atoms with E-state index in [0.29, 0.717) is 0 Å². The highest BCUT2D eigenvalue weighted by Gasteiger charge is 2.32. The minimum atomic E-state index is 0.113. The largest absolute Gasteiger partial charge is 0.357 e. The minimum absolute atomic E-state index is 0.113. The van der Waals surface area contributed by atoms with Crippen LogP contribution in [0, 0.1) is 0 Å². The second kappa shape index (κ2) is 7.47. The Labute approximate surface area is 144 Å². The Bertz CT molecular complexity index is 682. The molecule has 4 nitrogen and oxygen atoms in total. The third-order valence-electron chi connectivity index (χ3n) is 4.77. The van der Waals surface area contributed by atoms with E-state index >= 15 is 0 Å². The molecule has 24 heavy (non-hydrogen) atoms. The van der Waals surface area contributed by atoms with Crippen molar-refractivity contribution in [1.29, 1.82) is 0 Å². The van der Waals surface area contributed by atoms with Crippen LogP contribution in [-0.2, 0) is 0 Å². The van der Waals surface area contributed by atoms with Crippen LogP contribution >= 0.6 is 0 Å². The second-order valence-corrected chi connectivity index (χ2v) is 6.11. The highest BCUT2D eigenvalue weighted by atomic mass is 16.2. The van der Waals surface area contributed by atoms with Gasteiger partial charge in [-0.3, -0.25) is 4.79 Å². The van der Waals surface area contributed by atoms with Crippen molar-refractivity contribution >= 4 is 11.7 Å². The average Bonchev–Trinajstić information content (AvgIpc) is 3.13. The lowest BCUT2D eigenvalue weighted by atomic mass is 10.0. The molecular weight excluding hydrogens is 298 g/mol. The van der Waals surface area contributed by atoms with Crippen LogP contribution in [0.5, 0.6) is 0 Å². The number of carbonyl (C=O) groups is 1. The summed E-state index contributed by atoms with van der Waals surface area (Å²) in [7, 11) is 0. The van der Waals surface area contributed by atoms with Crippen LogP contribution in [0.15, 0.2) is 48.7 Å². The fraction of sp³-hybridized carbons (Fsp3) is 0.400. The Hall–Kier alpha value is -2.36. The van der Waals surface area contributed by atoms with Crippen molar-refractivity contribution in [2.45, 2.75) is 32.7 Å². The SMILES string of the molecule is CCN(CC)c1ncccc1[C@H]1CCCN1C(=O)c1ccccc1. The second-order valence-electron chi connectivity index (χ2n) is 6.11. The Morgan fingerprint density at radius 2 is 1.92 bits per heavy atom. The smallest absolute Gasteiger partial charge is 0.254 e. The molecule has 1 saturated heterocycles. The molecule has 0 radical (unpaired) electrons. The van der Waals surface area contributed by atoms with Crippen LogP contribution in [0.2, 0.25) is 0 Å². The highest BCUT2D eigenvalue weighted by Crippen LogP contribution is 2.37. The monoisotopic (exact) mass is 323 g/mol. The summed E-state index contributed by atoms with van der Waals surface area (Å²) in [5.74, 6) is 1.13. The van der Waals surface area contributed by atoms with Gasteiger partial charge < -0.3 is 9.80 Å². The number of likely N-dealkylation sites (tertiary alicyclic amines) is 1. The Morgan fingerprint density at radius 3 is 2.62 bits per heavy atom. The van der Waals surface area contributed by atoms with Gasteiger partial charge in [-0.05, 0) is 44.9 Å². The summed E-state index contributed by atoms with van der Waals surface area (Å²) in [6.07, 6.45) is 3.88. The van der Waals surface area contributed by atoms with Crippen molar-refractivity contribution in [2.24, 2.45) is 0 Å². The molecule has 1 amide bonds. The zero-order chi connectivity index (χ0) is 16.9. The summed E-state index contributed by atoms with van der Waals surface area (Å²) in [4.78, 5) is 21.8. The topological polar surface area (TPSA) is 36.4 Å². The molecule has 1 aromatic heterocycles. The van der Waals surface area contributed by atoms with Gasteiger partial charge in [0.15, 0.2) is 0 Å². The molecule has 1 fully saturated rings. The van der Waals surface area contributed by atoms with Gasteiger partial charge in [0.2, 0.25) is 0 Å². The van der Waals surface area contributed by atoms with E-state index in [2.05, 4.69) is 29.8 Å². The molecule has 0 bridgehead atoms. The zero-order valence-corrected chi connectivity index (χ0v) is 14.5. The first-order chi connectivity index (χ1) is 11.8. The normalized spacial score (nSPS) is 17.1. The van der Waals surface area contributed by atoms with Gasteiger partial charge in [0.05, 0.1) is 6.04 Å². The molecule has 1 aliphatic rings. The summed E-state index contributed by atoms with van der Waals surface area (Å²) >= 11 is 0. The molecule has 1 aromatic carbocycles. The quantitative estimate of drug-likeness (QED) is 0.837. The maximum Gasteiger partial charge on any atom is 0.254 e. The zero-order valence-electron chi connectivity index (χ0n) is 14.5. The summed E-state index contributed by atoms with van der Waals surface area (Å²) in [6, 6.07) is 13.8. The van der Waals surface area contributed by atoms with Gasteiger partial charge in [0, 0.05) is 37.0 Å². The predicted molar refractivity (Wildman–Crippen MR) is 97.3 cm³/mol. The standard InChI is InChI=1S/C20H25N3O/c1-3-22(4-2)19-17(12-8-14-21-19)18-13-9-15-23(18)20(24)16-10-6-5-7-11-16/h5-8,10-12,14,18H,3-4,9,13,15H2,1-2H3/t18-/m1/s1. The summed E-state index contributed by atoms with van der Waals surface area (Å²) in [5, 5.41) is 0. The van der Waals surface area contributed by atoms with Crippen LogP contribution in [0.25, 0.3) is 0 Å². The van der Waals surface area contributed by atoms with E-state index < -0.39 is 0 Å². The van der Waals surface area contributed by atoms with Crippen molar-refractivity contribution in [3.05, 3.63) is 59.8 Å². The van der Waals surface area contributed by atoms with Crippen molar-refractivity contribution in [3.63, 3.8) is 0 Å². The van der Waals surface area contributed by atoms with Crippen LogP contribution < -0.4 is 4.90 Å². The van der Waals surface area contributed by atoms with Crippen molar-refractivity contribution in [2.75, 3.05) is 24.5 Å². The Morgan fingerprint density at radius 1 is 1.17 bits per heavy atom. The van der Waals surface area contributed by atoms with Crippen LogP contribution in [0.1, 0.15) is 48.7 Å². The van der Waals surface area contributed by atoms with Crippen molar-refractivity contribution in [1.82, 2.24) is 9.88 Å². The minimum Gasteiger partial charge on any atom is -0.357 e. The van der Waals surface area contributed by atoms with Gasteiger partial charge in [-0.1, -0.05) is 24.3 Å². The number of benzene rings is 1. The lowest BCUT2D eigenvalue weighted by Crippen LogP contribution is -2.32. The van der Waals surface area contributed by atoms with E-state index in [1.165, 1.54) is 5.56 Å². The van der Waals surface area contributed by atoms with Crippen molar-refractivity contribution < 1.29 is 4.79 Å². The van der Waals surface area contributed by atoms with E-state index in [4.69, 9.17) is 0 Å². The lowest BCUT2D eigenvalue weighted by molar-refractivity contribution is 0.0736. The number of amides is 1. The van der Waals surface area contributed by atoms with Gasteiger partial charge in [-0.15, -0.1) is 0 Å². The van der Waals surface area contributed by atoms with E-state index in [1.807, 2.05) is 47.5 Å². The first kappa shape index (κ1) is 16.5. The molecule has 1 aliphatic heterocycles.